The van der Waals surface area contributed by atoms with Crippen LogP contribution in [0.5, 0.6) is 5.75 Å². The smallest absolute Gasteiger partial charge is 0.303 e. The fraction of sp³-hybridized carbons (Fsp3) is 0.333. The molecule has 84 valence electrons. The van der Waals surface area contributed by atoms with Crippen molar-refractivity contribution in [3.8, 4) is 11.8 Å². The number of hydrogen-bond donors (Lipinski definition) is 2. The Morgan fingerprint density at radius 1 is 1.56 bits per heavy atom. The molecule has 0 saturated heterocycles. The second kappa shape index (κ2) is 5.17. The summed E-state index contributed by atoms with van der Waals surface area (Å²) in [5, 5.41) is 26.8. The molecule has 1 atom stereocenters. The van der Waals surface area contributed by atoms with Gasteiger partial charge in [-0.1, -0.05) is 13.0 Å². The van der Waals surface area contributed by atoms with Crippen molar-refractivity contribution in [1.29, 1.82) is 5.26 Å². The van der Waals surface area contributed by atoms with Crippen LogP contribution in [0.15, 0.2) is 18.2 Å². The van der Waals surface area contributed by atoms with E-state index in [9.17, 15) is 9.90 Å². The lowest BCUT2D eigenvalue weighted by molar-refractivity contribution is -0.137. The van der Waals surface area contributed by atoms with Crippen molar-refractivity contribution >= 4 is 5.97 Å². The molecule has 4 heteroatoms. The summed E-state index contributed by atoms with van der Waals surface area (Å²) in [5.74, 6) is -1.06. The Morgan fingerprint density at radius 2 is 2.25 bits per heavy atom. The number of phenols is 1. The van der Waals surface area contributed by atoms with Gasteiger partial charge >= 0.3 is 5.97 Å². The van der Waals surface area contributed by atoms with Crippen LogP contribution in [0.25, 0.3) is 0 Å². The largest absolute Gasteiger partial charge is 0.507 e. The average Bonchev–Trinajstić information content (AvgIpc) is 2.26. The van der Waals surface area contributed by atoms with Gasteiger partial charge in [-0.3, -0.25) is 4.79 Å². The highest BCUT2D eigenvalue weighted by Crippen LogP contribution is 2.27. The third-order valence-electron chi connectivity index (χ3n) is 2.53. The van der Waals surface area contributed by atoms with Gasteiger partial charge in [0.05, 0.1) is 12.0 Å². The van der Waals surface area contributed by atoms with Gasteiger partial charge in [0.2, 0.25) is 0 Å². The SMILES string of the molecule is CCC(CC(=O)O)c1ccc(O)c(C#N)c1. The fourth-order valence-corrected chi connectivity index (χ4v) is 1.61. The first kappa shape index (κ1) is 12.1. The number of phenolic OH excluding ortho intramolecular Hbond substituents is 1. The van der Waals surface area contributed by atoms with Crippen molar-refractivity contribution in [2.24, 2.45) is 0 Å². The van der Waals surface area contributed by atoms with Crippen molar-refractivity contribution in [3.63, 3.8) is 0 Å². The molecule has 16 heavy (non-hydrogen) atoms. The number of carbonyl (C=O) groups is 1. The van der Waals surface area contributed by atoms with E-state index in [0.29, 0.717) is 6.42 Å². The zero-order valence-electron chi connectivity index (χ0n) is 8.97. The Bertz CT molecular complexity index is 434. The highest BCUT2D eigenvalue weighted by atomic mass is 16.4. The molecule has 0 aliphatic heterocycles. The molecular formula is C12H13NO3. The lowest BCUT2D eigenvalue weighted by Gasteiger charge is -2.13. The molecule has 4 nitrogen and oxygen atoms in total. The summed E-state index contributed by atoms with van der Waals surface area (Å²) in [7, 11) is 0. The zero-order valence-corrected chi connectivity index (χ0v) is 8.97. The van der Waals surface area contributed by atoms with E-state index in [1.165, 1.54) is 6.07 Å². The Labute approximate surface area is 93.8 Å². The van der Waals surface area contributed by atoms with Crippen LogP contribution in [0.3, 0.4) is 0 Å². The molecule has 0 amide bonds. The van der Waals surface area contributed by atoms with Crippen molar-refractivity contribution in [2.75, 3.05) is 0 Å². The van der Waals surface area contributed by atoms with E-state index in [1.54, 1.807) is 12.1 Å². The van der Waals surface area contributed by atoms with E-state index >= 15 is 0 Å². The summed E-state index contributed by atoms with van der Waals surface area (Å²) < 4.78 is 0. The maximum absolute atomic E-state index is 10.6. The van der Waals surface area contributed by atoms with Gasteiger partial charge in [-0.05, 0) is 30.0 Å². The van der Waals surface area contributed by atoms with E-state index in [-0.39, 0.29) is 23.7 Å². The van der Waals surface area contributed by atoms with Gasteiger partial charge in [0.1, 0.15) is 11.8 Å². The Balaban J connectivity index is 3.02. The molecule has 0 aromatic heterocycles. The summed E-state index contributed by atoms with van der Waals surface area (Å²) in [6, 6.07) is 6.51. The molecule has 0 saturated carbocycles. The second-order valence-electron chi connectivity index (χ2n) is 3.59. The van der Waals surface area contributed by atoms with Crippen LogP contribution in [0.1, 0.15) is 36.8 Å². The van der Waals surface area contributed by atoms with Gasteiger partial charge in [-0.15, -0.1) is 0 Å². The van der Waals surface area contributed by atoms with Crippen LogP contribution in [-0.4, -0.2) is 16.2 Å². The third-order valence-corrected chi connectivity index (χ3v) is 2.53. The van der Waals surface area contributed by atoms with Gasteiger partial charge in [0.15, 0.2) is 0 Å². The topological polar surface area (TPSA) is 81.3 Å². The summed E-state index contributed by atoms with van der Waals surface area (Å²) in [5.41, 5.74) is 0.959. The molecule has 0 aliphatic carbocycles. The molecule has 0 spiro atoms. The highest BCUT2D eigenvalue weighted by molar-refractivity contribution is 5.68. The molecule has 1 rings (SSSR count). The van der Waals surface area contributed by atoms with E-state index in [4.69, 9.17) is 10.4 Å². The molecule has 1 aromatic rings. The molecule has 1 unspecified atom stereocenters. The molecule has 0 fully saturated rings. The number of carboxylic acids is 1. The van der Waals surface area contributed by atoms with Gasteiger partial charge in [0.25, 0.3) is 0 Å². The van der Waals surface area contributed by atoms with Gasteiger partial charge in [-0.2, -0.15) is 5.26 Å². The van der Waals surface area contributed by atoms with Crippen molar-refractivity contribution < 1.29 is 15.0 Å². The second-order valence-corrected chi connectivity index (χ2v) is 3.59. The van der Waals surface area contributed by atoms with E-state index in [1.807, 2.05) is 13.0 Å². The summed E-state index contributed by atoms with van der Waals surface area (Å²) in [6.45, 7) is 1.90. The summed E-state index contributed by atoms with van der Waals surface area (Å²) in [6.07, 6.45) is 0.716. The molecule has 0 bridgehead atoms. The van der Waals surface area contributed by atoms with Crippen LogP contribution in [-0.2, 0) is 4.79 Å². The van der Waals surface area contributed by atoms with E-state index in [2.05, 4.69) is 0 Å². The first-order valence-corrected chi connectivity index (χ1v) is 5.03. The number of carboxylic acid groups (broad SMARTS) is 1. The standard InChI is InChI=1S/C12H13NO3/c1-2-8(6-12(15)16)9-3-4-11(14)10(5-9)7-13/h3-5,8,14H,2,6H2,1H3,(H,15,16). The Hall–Kier alpha value is -2.02. The van der Waals surface area contributed by atoms with Crippen molar-refractivity contribution in [3.05, 3.63) is 29.3 Å². The van der Waals surface area contributed by atoms with Crippen molar-refractivity contribution in [2.45, 2.75) is 25.7 Å². The first-order valence-electron chi connectivity index (χ1n) is 5.03. The normalized spacial score (nSPS) is 11.8. The third kappa shape index (κ3) is 2.74. The minimum absolute atomic E-state index is 0.0339. The van der Waals surface area contributed by atoms with Crippen LogP contribution >= 0.6 is 0 Å². The van der Waals surface area contributed by atoms with Crippen LogP contribution in [0.4, 0.5) is 0 Å². The molecule has 0 heterocycles. The predicted octanol–water partition coefficient (Wildman–Crippen LogP) is 2.23. The van der Waals surface area contributed by atoms with Gasteiger partial charge in [-0.25, -0.2) is 0 Å². The summed E-state index contributed by atoms with van der Waals surface area (Å²) in [4.78, 5) is 10.6. The van der Waals surface area contributed by atoms with E-state index in [0.717, 1.165) is 5.56 Å². The van der Waals surface area contributed by atoms with Crippen LogP contribution < -0.4 is 0 Å². The number of nitriles is 1. The number of aromatic hydroxyl groups is 1. The maximum Gasteiger partial charge on any atom is 0.303 e. The quantitative estimate of drug-likeness (QED) is 0.813. The Kier molecular flexibility index (Phi) is 3.90. The first-order chi connectivity index (χ1) is 7.58. The highest BCUT2D eigenvalue weighted by Gasteiger charge is 2.15. The summed E-state index contributed by atoms with van der Waals surface area (Å²) >= 11 is 0. The van der Waals surface area contributed by atoms with Crippen molar-refractivity contribution in [1.82, 2.24) is 0 Å². The molecule has 0 radical (unpaired) electrons. The van der Waals surface area contributed by atoms with Gasteiger partial charge < -0.3 is 10.2 Å². The maximum atomic E-state index is 10.6. The number of nitrogens with zero attached hydrogens (tertiary/aromatic N) is 1. The van der Waals surface area contributed by atoms with Crippen LogP contribution in [0.2, 0.25) is 0 Å². The zero-order chi connectivity index (χ0) is 12.1. The average molecular weight is 219 g/mol. The lowest BCUT2D eigenvalue weighted by Crippen LogP contribution is -2.05. The molecule has 0 aliphatic rings. The molecular weight excluding hydrogens is 206 g/mol. The Morgan fingerprint density at radius 3 is 2.75 bits per heavy atom. The number of hydrogen-bond acceptors (Lipinski definition) is 3. The number of aliphatic carboxylic acids is 1. The number of benzene rings is 1. The van der Waals surface area contributed by atoms with E-state index < -0.39 is 5.97 Å². The molecule has 2 N–H and O–H groups in total. The fourth-order valence-electron chi connectivity index (χ4n) is 1.61. The molecule has 1 aromatic carbocycles. The minimum Gasteiger partial charge on any atom is -0.507 e. The number of rotatable bonds is 4. The monoisotopic (exact) mass is 219 g/mol. The van der Waals surface area contributed by atoms with Gasteiger partial charge in [0, 0.05) is 0 Å². The lowest BCUT2D eigenvalue weighted by atomic mass is 9.92. The minimum atomic E-state index is -0.863. The predicted molar refractivity (Wildman–Crippen MR) is 58.1 cm³/mol. The van der Waals surface area contributed by atoms with Crippen LogP contribution in [0, 0.1) is 11.3 Å².